The molecular weight excluding hydrogens is 268 g/mol. The van der Waals surface area contributed by atoms with Crippen molar-refractivity contribution in [3.8, 4) is 0 Å². The topological polar surface area (TPSA) is 88.7 Å². The Kier molecular flexibility index (Phi) is 7.25. The second-order valence-electron chi connectivity index (χ2n) is 4.80. The summed E-state index contributed by atoms with van der Waals surface area (Å²) in [5.41, 5.74) is 7.49. The van der Waals surface area contributed by atoms with E-state index in [9.17, 15) is 4.79 Å². The van der Waals surface area contributed by atoms with Gasteiger partial charge in [0.15, 0.2) is 5.96 Å². The van der Waals surface area contributed by atoms with Crippen LogP contribution in [0.25, 0.3) is 0 Å². The maximum atomic E-state index is 11.5. The first-order valence-electron chi connectivity index (χ1n) is 6.93. The van der Waals surface area contributed by atoms with Gasteiger partial charge in [-0.25, -0.2) is 0 Å². The normalized spacial score (nSPS) is 12.8. The van der Waals surface area contributed by atoms with Crippen molar-refractivity contribution in [2.24, 2.45) is 10.7 Å². The van der Waals surface area contributed by atoms with Crippen LogP contribution in [0, 0.1) is 0 Å². The Labute approximate surface area is 125 Å². The predicted octanol–water partition coefficient (Wildman–Crippen LogP) is 0.528. The number of methoxy groups -OCH3 is 1. The van der Waals surface area contributed by atoms with Gasteiger partial charge in [-0.3, -0.25) is 9.79 Å². The van der Waals surface area contributed by atoms with Crippen LogP contribution >= 0.6 is 0 Å². The standard InChI is InChI=1S/C15H24N4O2/c1-11(10-21-3)19-15(16)18-8-7-12-5-4-6-13(9-12)14(20)17-2/h4-6,9,11H,7-8,10H2,1-3H3,(H,17,20)(H3,16,18,19). The molecule has 1 aromatic carbocycles. The van der Waals surface area contributed by atoms with Crippen molar-refractivity contribution in [1.82, 2.24) is 10.6 Å². The van der Waals surface area contributed by atoms with Gasteiger partial charge in [-0.2, -0.15) is 0 Å². The summed E-state index contributed by atoms with van der Waals surface area (Å²) in [5.74, 6) is 0.317. The van der Waals surface area contributed by atoms with Gasteiger partial charge in [-0.15, -0.1) is 0 Å². The van der Waals surface area contributed by atoms with Crippen LogP contribution in [0.5, 0.6) is 0 Å². The molecule has 0 fully saturated rings. The van der Waals surface area contributed by atoms with Gasteiger partial charge < -0.3 is 21.1 Å². The number of guanidine groups is 1. The van der Waals surface area contributed by atoms with E-state index in [-0.39, 0.29) is 11.9 Å². The third-order valence-electron chi connectivity index (χ3n) is 2.91. The average molecular weight is 292 g/mol. The van der Waals surface area contributed by atoms with E-state index < -0.39 is 0 Å². The molecule has 4 N–H and O–H groups in total. The van der Waals surface area contributed by atoms with Crippen LogP contribution in [0.4, 0.5) is 0 Å². The van der Waals surface area contributed by atoms with Gasteiger partial charge in [0.25, 0.3) is 5.91 Å². The van der Waals surface area contributed by atoms with E-state index in [1.54, 1.807) is 20.2 Å². The molecule has 0 aliphatic heterocycles. The summed E-state index contributed by atoms with van der Waals surface area (Å²) in [4.78, 5) is 15.8. The molecule has 0 bridgehead atoms. The maximum Gasteiger partial charge on any atom is 0.251 e. The second kappa shape index (κ2) is 8.97. The van der Waals surface area contributed by atoms with Crippen molar-refractivity contribution in [2.45, 2.75) is 19.4 Å². The zero-order valence-corrected chi connectivity index (χ0v) is 12.8. The molecule has 0 spiro atoms. The third kappa shape index (κ3) is 6.27. The molecule has 1 aromatic rings. The third-order valence-corrected chi connectivity index (χ3v) is 2.91. The number of carbonyl (C=O) groups excluding carboxylic acids is 1. The van der Waals surface area contributed by atoms with E-state index in [0.717, 1.165) is 12.0 Å². The van der Waals surface area contributed by atoms with Crippen LogP contribution in [-0.2, 0) is 11.2 Å². The van der Waals surface area contributed by atoms with Gasteiger partial charge in [0.1, 0.15) is 0 Å². The summed E-state index contributed by atoms with van der Waals surface area (Å²) in [7, 11) is 3.26. The Hall–Kier alpha value is -2.08. The van der Waals surface area contributed by atoms with Crippen molar-refractivity contribution in [1.29, 1.82) is 0 Å². The minimum atomic E-state index is -0.0880. The van der Waals surface area contributed by atoms with Crippen molar-refractivity contribution < 1.29 is 9.53 Å². The SMILES string of the molecule is CNC(=O)c1cccc(CCN=C(N)NC(C)COC)c1. The van der Waals surface area contributed by atoms with Crippen molar-refractivity contribution in [3.05, 3.63) is 35.4 Å². The van der Waals surface area contributed by atoms with E-state index in [1.165, 1.54) is 0 Å². The Balaban J connectivity index is 2.50. The van der Waals surface area contributed by atoms with Gasteiger partial charge in [-0.05, 0) is 31.0 Å². The largest absolute Gasteiger partial charge is 0.383 e. The number of amides is 1. The van der Waals surface area contributed by atoms with Crippen LogP contribution in [0.3, 0.4) is 0 Å². The lowest BCUT2D eigenvalue weighted by Crippen LogP contribution is -2.40. The van der Waals surface area contributed by atoms with Crippen LogP contribution in [0.2, 0.25) is 0 Å². The molecule has 0 heterocycles. The molecule has 0 saturated carbocycles. The number of hydrogen-bond donors (Lipinski definition) is 3. The van der Waals surface area contributed by atoms with Crippen LogP contribution in [-0.4, -0.2) is 45.2 Å². The lowest BCUT2D eigenvalue weighted by molar-refractivity contribution is 0.0963. The van der Waals surface area contributed by atoms with Gasteiger partial charge in [0, 0.05) is 32.3 Å². The fourth-order valence-electron chi connectivity index (χ4n) is 1.91. The monoisotopic (exact) mass is 292 g/mol. The molecule has 1 atom stereocenters. The van der Waals surface area contributed by atoms with Crippen molar-refractivity contribution >= 4 is 11.9 Å². The average Bonchev–Trinajstić information content (AvgIpc) is 2.47. The molecule has 116 valence electrons. The number of nitrogens with two attached hydrogens (primary N) is 1. The molecule has 0 aliphatic rings. The number of aliphatic imine (C=N–C) groups is 1. The van der Waals surface area contributed by atoms with E-state index >= 15 is 0 Å². The molecule has 1 rings (SSSR count). The fourth-order valence-corrected chi connectivity index (χ4v) is 1.91. The number of nitrogens with zero attached hydrogens (tertiary/aromatic N) is 1. The lowest BCUT2D eigenvalue weighted by atomic mass is 10.1. The Morgan fingerprint density at radius 1 is 1.48 bits per heavy atom. The predicted molar refractivity (Wildman–Crippen MR) is 84.5 cm³/mol. The van der Waals surface area contributed by atoms with Gasteiger partial charge in [0.2, 0.25) is 0 Å². The lowest BCUT2D eigenvalue weighted by Gasteiger charge is -2.13. The molecule has 0 aliphatic carbocycles. The quantitative estimate of drug-likeness (QED) is 0.505. The van der Waals surface area contributed by atoms with Crippen LogP contribution < -0.4 is 16.4 Å². The molecule has 0 radical (unpaired) electrons. The Morgan fingerprint density at radius 3 is 2.90 bits per heavy atom. The highest BCUT2D eigenvalue weighted by atomic mass is 16.5. The minimum absolute atomic E-state index is 0.0880. The van der Waals surface area contributed by atoms with E-state index in [2.05, 4.69) is 15.6 Å². The zero-order valence-electron chi connectivity index (χ0n) is 12.8. The zero-order chi connectivity index (χ0) is 15.7. The Bertz CT molecular complexity index is 488. The molecule has 0 aromatic heterocycles. The van der Waals surface area contributed by atoms with Gasteiger partial charge in [-0.1, -0.05) is 12.1 Å². The molecular formula is C15H24N4O2. The highest BCUT2D eigenvalue weighted by Crippen LogP contribution is 2.06. The number of nitrogens with one attached hydrogen (secondary N) is 2. The first kappa shape index (κ1) is 17.0. The summed E-state index contributed by atoms with van der Waals surface area (Å²) in [6.45, 7) is 3.11. The minimum Gasteiger partial charge on any atom is -0.383 e. The number of benzene rings is 1. The first-order valence-corrected chi connectivity index (χ1v) is 6.93. The van der Waals surface area contributed by atoms with Crippen molar-refractivity contribution in [2.75, 3.05) is 27.3 Å². The highest BCUT2D eigenvalue weighted by Gasteiger charge is 2.04. The Morgan fingerprint density at radius 2 is 2.24 bits per heavy atom. The molecule has 6 heteroatoms. The second-order valence-corrected chi connectivity index (χ2v) is 4.80. The number of hydrogen-bond acceptors (Lipinski definition) is 3. The van der Waals surface area contributed by atoms with E-state index in [0.29, 0.717) is 24.7 Å². The summed E-state index contributed by atoms with van der Waals surface area (Å²) in [6.07, 6.45) is 0.728. The smallest absolute Gasteiger partial charge is 0.251 e. The van der Waals surface area contributed by atoms with Crippen LogP contribution in [0.15, 0.2) is 29.3 Å². The maximum absolute atomic E-state index is 11.5. The highest BCUT2D eigenvalue weighted by molar-refractivity contribution is 5.94. The van der Waals surface area contributed by atoms with Crippen molar-refractivity contribution in [3.63, 3.8) is 0 Å². The number of carbonyl (C=O) groups is 1. The summed E-state index contributed by atoms with van der Waals surface area (Å²) >= 11 is 0. The molecule has 1 unspecified atom stereocenters. The van der Waals surface area contributed by atoms with Gasteiger partial charge in [0.05, 0.1) is 6.61 Å². The molecule has 1 amide bonds. The van der Waals surface area contributed by atoms with E-state index in [4.69, 9.17) is 10.5 Å². The summed E-state index contributed by atoms with van der Waals surface area (Å²) in [6, 6.07) is 7.61. The van der Waals surface area contributed by atoms with Gasteiger partial charge >= 0.3 is 0 Å². The van der Waals surface area contributed by atoms with E-state index in [1.807, 2.05) is 25.1 Å². The summed E-state index contributed by atoms with van der Waals surface area (Å²) in [5, 5.41) is 5.65. The van der Waals surface area contributed by atoms with Crippen LogP contribution in [0.1, 0.15) is 22.8 Å². The number of rotatable bonds is 7. The number of ether oxygens (including phenoxy) is 1. The first-order chi connectivity index (χ1) is 10.1. The summed E-state index contributed by atoms with van der Waals surface area (Å²) < 4.78 is 5.01. The molecule has 0 saturated heterocycles. The fraction of sp³-hybridized carbons (Fsp3) is 0.467. The molecule has 6 nitrogen and oxygen atoms in total. The molecule has 21 heavy (non-hydrogen) atoms.